The third-order valence-electron chi connectivity index (χ3n) is 12.9. The number of benzene rings is 8. The van der Waals surface area contributed by atoms with Crippen LogP contribution in [0.5, 0.6) is 5.75 Å². The van der Waals surface area contributed by atoms with Gasteiger partial charge in [-0.25, -0.2) is 9.97 Å². The van der Waals surface area contributed by atoms with Crippen molar-refractivity contribution in [2.75, 3.05) is 0 Å². The summed E-state index contributed by atoms with van der Waals surface area (Å²) in [6, 6.07) is 63.8. The third-order valence-corrected chi connectivity index (χ3v) is 12.9. The summed E-state index contributed by atoms with van der Waals surface area (Å²) in [4.78, 5) is 11.0. The molecule has 12 rings (SSSR count). The zero-order valence-electron chi connectivity index (χ0n) is 34.9. The second-order valence-corrected chi connectivity index (χ2v) is 16.7. The van der Waals surface area contributed by atoms with Crippen molar-refractivity contribution < 1.29 is 9.52 Å². The van der Waals surface area contributed by atoms with Gasteiger partial charge in [-0.15, -0.1) is 0 Å². The minimum Gasteiger partial charge on any atom is -0.507 e. The van der Waals surface area contributed by atoms with E-state index in [4.69, 9.17) is 14.4 Å². The highest BCUT2D eigenvalue weighted by atomic mass is 16.3. The Balaban J connectivity index is 1.16. The first kappa shape index (κ1) is 36.8. The van der Waals surface area contributed by atoms with Gasteiger partial charge >= 0.3 is 0 Å². The van der Waals surface area contributed by atoms with Crippen molar-refractivity contribution in [1.82, 2.24) is 14.5 Å². The van der Waals surface area contributed by atoms with Crippen LogP contribution in [0.1, 0.15) is 22.3 Å². The van der Waals surface area contributed by atoms with E-state index < -0.39 is 0 Å². The first-order valence-electron chi connectivity index (χ1n) is 21.6. The van der Waals surface area contributed by atoms with E-state index in [1.165, 1.54) is 0 Å². The van der Waals surface area contributed by atoms with E-state index in [9.17, 15) is 5.11 Å². The molecule has 0 fully saturated rings. The largest absolute Gasteiger partial charge is 0.507 e. The average Bonchev–Trinajstić information content (AvgIpc) is 3.90. The number of hydrogen-bond donors (Lipinski definition) is 1. The first-order chi connectivity index (χ1) is 31.0. The lowest BCUT2D eigenvalue weighted by Gasteiger charge is -2.21. The molecule has 0 unspecified atom stereocenters. The van der Waals surface area contributed by atoms with Gasteiger partial charge in [-0.2, -0.15) is 0 Å². The van der Waals surface area contributed by atoms with Crippen molar-refractivity contribution in [3.63, 3.8) is 0 Å². The Labute approximate surface area is 365 Å². The van der Waals surface area contributed by atoms with E-state index in [2.05, 4.69) is 182 Å². The van der Waals surface area contributed by atoms with Crippen molar-refractivity contribution >= 4 is 33.0 Å². The third kappa shape index (κ3) is 5.92. The van der Waals surface area contributed by atoms with Gasteiger partial charge in [0.05, 0.1) is 22.4 Å². The molecule has 3 aromatic heterocycles. The molecule has 0 saturated carbocycles. The second-order valence-electron chi connectivity index (χ2n) is 16.7. The number of rotatable bonds is 6. The van der Waals surface area contributed by atoms with E-state index >= 15 is 0 Å². The number of imidazole rings is 1. The fourth-order valence-corrected chi connectivity index (χ4v) is 9.98. The minimum absolute atomic E-state index is 0.255. The van der Waals surface area contributed by atoms with E-state index in [1.54, 1.807) is 6.07 Å². The van der Waals surface area contributed by atoms with Gasteiger partial charge in [0.25, 0.3) is 0 Å². The summed E-state index contributed by atoms with van der Waals surface area (Å²) >= 11 is 0. The summed E-state index contributed by atoms with van der Waals surface area (Å²) in [7, 11) is 0. The highest BCUT2D eigenvalue weighted by Gasteiger charge is 2.27. The molecule has 0 radical (unpaired) electrons. The van der Waals surface area contributed by atoms with Gasteiger partial charge < -0.3 is 9.52 Å². The van der Waals surface area contributed by atoms with Gasteiger partial charge in [0.1, 0.15) is 22.6 Å². The number of para-hydroxylation sites is 3. The normalized spacial score (nSPS) is 12.2. The topological polar surface area (TPSA) is 64.1 Å². The van der Waals surface area contributed by atoms with E-state index in [0.29, 0.717) is 0 Å². The molecule has 0 bridgehead atoms. The number of pyridine rings is 1. The molecule has 5 heteroatoms. The molecular weight excluding hydrogens is 771 g/mol. The molecule has 1 aliphatic carbocycles. The molecule has 0 spiro atoms. The zero-order chi connectivity index (χ0) is 42.2. The Hall–Kier alpha value is -8.02. The van der Waals surface area contributed by atoms with Gasteiger partial charge in [-0.1, -0.05) is 146 Å². The lowest BCUT2D eigenvalue weighted by molar-refractivity contribution is 0.476. The van der Waals surface area contributed by atoms with Crippen LogP contribution in [0.15, 0.2) is 186 Å². The lowest BCUT2D eigenvalue weighted by Crippen LogP contribution is -2.08. The van der Waals surface area contributed by atoms with Crippen molar-refractivity contribution in [1.29, 1.82) is 0 Å². The van der Waals surface area contributed by atoms with Crippen LogP contribution in [-0.4, -0.2) is 19.6 Å². The number of aryl methyl sites for hydroxylation is 4. The standard InChI is InChI=1S/C58H41N3O2/c1-35-15-11-16-36(2)56(35)61-49-26-14-25-44(55(49)60-58(61)48-32-31-40-30-29-39-21-12-27-50(62)52(39)54(40)59-48)41-33-46-45-22-9-10-28-51(45)63-57(46)47(34-41)53-42(37-17-5-3-6-18-37)23-13-24-43(53)38-19-7-4-8-20-38/h3-28,31-34,62H,29-30H2,1-2H3. The molecule has 8 aromatic carbocycles. The molecule has 3 heterocycles. The SMILES string of the molecule is Cc1cccc(C)c1-n1c(-c2ccc3c(n2)-c2c(O)cccc2CC3)nc2c(-c3cc(-c4c(-c5ccccc5)cccc4-c4ccccc4)c4oc5ccccc5c4c3)cccc21. The average molecular weight is 812 g/mol. The molecule has 300 valence electrons. The zero-order valence-corrected chi connectivity index (χ0v) is 34.9. The molecule has 0 amide bonds. The van der Waals surface area contributed by atoms with Crippen LogP contribution in [0.4, 0.5) is 0 Å². The highest BCUT2D eigenvalue weighted by molar-refractivity contribution is 6.15. The number of fused-ring (bicyclic) bond motifs is 7. The van der Waals surface area contributed by atoms with E-state index in [1.807, 2.05) is 12.1 Å². The Bertz CT molecular complexity index is 3520. The van der Waals surface area contributed by atoms with Crippen LogP contribution in [-0.2, 0) is 12.8 Å². The lowest BCUT2D eigenvalue weighted by atomic mass is 9.85. The maximum absolute atomic E-state index is 11.2. The molecule has 11 aromatic rings. The van der Waals surface area contributed by atoms with Crippen LogP contribution in [0, 0.1) is 13.8 Å². The summed E-state index contributed by atoms with van der Waals surface area (Å²) in [6.45, 7) is 4.32. The predicted molar refractivity (Wildman–Crippen MR) is 257 cm³/mol. The fraction of sp³-hybridized carbons (Fsp3) is 0.0690. The molecule has 0 aliphatic heterocycles. The van der Waals surface area contributed by atoms with Crippen molar-refractivity contribution in [3.05, 3.63) is 204 Å². The smallest absolute Gasteiger partial charge is 0.164 e. The van der Waals surface area contributed by atoms with Crippen molar-refractivity contribution in [3.8, 4) is 78.7 Å². The Morgan fingerprint density at radius 2 is 1.16 bits per heavy atom. The minimum atomic E-state index is 0.255. The predicted octanol–water partition coefficient (Wildman–Crippen LogP) is 14.7. The van der Waals surface area contributed by atoms with Gasteiger partial charge in [-0.05, 0) is 113 Å². The number of hydrogen-bond acceptors (Lipinski definition) is 4. The van der Waals surface area contributed by atoms with E-state index in [0.717, 1.165) is 141 Å². The maximum Gasteiger partial charge on any atom is 0.164 e. The summed E-state index contributed by atoms with van der Waals surface area (Å²) in [6.07, 6.45) is 1.73. The van der Waals surface area contributed by atoms with Crippen molar-refractivity contribution in [2.24, 2.45) is 0 Å². The van der Waals surface area contributed by atoms with Crippen molar-refractivity contribution in [2.45, 2.75) is 26.7 Å². The van der Waals surface area contributed by atoms with Crippen LogP contribution in [0.3, 0.4) is 0 Å². The molecule has 1 aliphatic rings. The number of furan rings is 1. The van der Waals surface area contributed by atoms with Crippen LogP contribution < -0.4 is 0 Å². The number of aromatic nitrogens is 3. The number of phenolic OH excluding ortho intramolecular Hbond substituents is 1. The monoisotopic (exact) mass is 811 g/mol. The van der Waals surface area contributed by atoms with Crippen LogP contribution >= 0.6 is 0 Å². The first-order valence-corrected chi connectivity index (χ1v) is 21.6. The van der Waals surface area contributed by atoms with Crippen LogP contribution in [0.25, 0.3) is 106 Å². The van der Waals surface area contributed by atoms with Crippen LogP contribution in [0.2, 0.25) is 0 Å². The Morgan fingerprint density at radius 1 is 0.508 bits per heavy atom. The summed E-state index contributed by atoms with van der Waals surface area (Å²) in [5.74, 6) is 1.00. The highest BCUT2D eigenvalue weighted by Crippen LogP contribution is 2.48. The summed E-state index contributed by atoms with van der Waals surface area (Å²) < 4.78 is 9.19. The van der Waals surface area contributed by atoms with Gasteiger partial charge in [-0.3, -0.25) is 4.57 Å². The van der Waals surface area contributed by atoms with Gasteiger partial charge in [0.15, 0.2) is 5.82 Å². The summed E-state index contributed by atoms with van der Waals surface area (Å²) in [5, 5.41) is 13.3. The Kier molecular flexibility index (Phi) is 8.51. The number of phenols is 1. The van der Waals surface area contributed by atoms with Gasteiger partial charge in [0, 0.05) is 33.0 Å². The van der Waals surface area contributed by atoms with E-state index in [-0.39, 0.29) is 5.75 Å². The molecular formula is C58H41N3O2. The molecule has 0 atom stereocenters. The second kappa shape index (κ2) is 14.6. The Morgan fingerprint density at radius 3 is 1.92 bits per heavy atom. The van der Waals surface area contributed by atoms with Gasteiger partial charge in [0.2, 0.25) is 0 Å². The maximum atomic E-state index is 11.2. The molecule has 1 N–H and O–H groups in total. The molecule has 0 saturated heterocycles. The molecule has 63 heavy (non-hydrogen) atoms. The quantitative estimate of drug-likeness (QED) is 0.182. The fourth-order valence-electron chi connectivity index (χ4n) is 9.98. The molecule has 5 nitrogen and oxygen atoms in total. The number of aromatic hydroxyl groups is 1. The summed E-state index contributed by atoms with van der Waals surface area (Å²) in [5.41, 5.74) is 20.2. The number of nitrogens with zero attached hydrogens (tertiary/aromatic N) is 3.